The van der Waals surface area contributed by atoms with E-state index in [4.69, 9.17) is 0 Å². The minimum Gasteiger partial charge on any atom is -0.380 e. The van der Waals surface area contributed by atoms with Crippen molar-refractivity contribution in [3.63, 3.8) is 0 Å². The standard InChI is InChI=1S/C22H27NO2/c24-18-8-7-15-23-16-13-21(14-17-23)22(25,19-9-3-1-4-10-19)20-11-5-2-6-12-20/h1-6,9-12,18,21,25H,7-8,13-17H2. The number of likely N-dealkylation sites (tertiary alicyclic amines) is 1. The lowest BCUT2D eigenvalue weighted by molar-refractivity contribution is -0.108. The molecule has 1 N–H and O–H groups in total. The van der Waals surface area contributed by atoms with Crippen LogP contribution >= 0.6 is 0 Å². The molecule has 0 saturated carbocycles. The van der Waals surface area contributed by atoms with Crippen LogP contribution in [0.15, 0.2) is 60.7 Å². The molecule has 1 aliphatic heterocycles. The molecule has 3 rings (SSSR count). The van der Waals surface area contributed by atoms with Crippen LogP contribution in [0.3, 0.4) is 0 Å². The third-order valence-corrected chi connectivity index (χ3v) is 5.40. The number of unbranched alkanes of at least 4 members (excludes halogenated alkanes) is 1. The molecule has 0 unspecified atom stereocenters. The topological polar surface area (TPSA) is 40.5 Å². The molecule has 1 aliphatic rings. The molecule has 0 radical (unpaired) electrons. The first-order chi connectivity index (χ1) is 12.2. The molecular formula is C22H27NO2. The summed E-state index contributed by atoms with van der Waals surface area (Å²) in [6.45, 7) is 2.93. The van der Waals surface area contributed by atoms with Gasteiger partial charge in [0.05, 0.1) is 0 Å². The highest BCUT2D eigenvalue weighted by molar-refractivity contribution is 5.49. The molecule has 0 bridgehead atoms. The second-order valence-corrected chi connectivity index (χ2v) is 6.92. The molecule has 1 saturated heterocycles. The minimum absolute atomic E-state index is 0.194. The van der Waals surface area contributed by atoms with Crippen molar-refractivity contribution in [3.8, 4) is 0 Å². The Balaban J connectivity index is 1.79. The van der Waals surface area contributed by atoms with Gasteiger partial charge in [-0.05, 0) is 55.9 Å². The Kier molecular flexibility index (Phi) is 6.00. The van der Waals surface area contributed by atoms with Crippen LogP contribution in [0.4, 0.5) is 0 Å². The average molecular weight is 337 g/mol. The number of benzene rings is 2. The van der Waals surface area contributed by atoms with Crippen LogP contribution in [0.1, 0.15) is 36.8 Å². The fourth-order valence-electron chi connectivity index (χ4n) is 4.00. The smallest absolute Gasteiger partial charge is 0.120 e. The van der Waals surface area contributed by atoms with Crippen molar-refractivity contribution in [1.29, 1.82) is 0 Å². The lowest BCUT2D eigenvalue weighted by Crippen LogP contribution is -2.44. The third kappa shape index (κ3) is 4.00. The summed E-state index contributed by atoms with van der Waals surface area (Å²) in [5.41, 5.74) is 0.999. The summed E-state index contributed by atoms with van der Waals surface area (Å²) in [5.74, 6) is 0.194. The first-order valence-electron chi connectivity index (χ1n) is 9.24. The number of rotatable bonds is 7. The monoisotopic (exact) mass is 337 g/mol. The van der Waals surface area contributed by atoms with E-state index in [0.717, 1.165) is 56.3 Å². The Bertz CT molecular complexity index is 609. The van der Waals surface area contributed by atoms with Crippen LogP contribution in [0, 0.1) is 5.92 Å². The van der Waals surface area contributed by atoms with Crippen LogP contribution in [0.2, 0.25) is 0 Å². The predicted molar refractivity (Wildman–Crippen MR) is 100 cm³/mol. The van der Waals surface area contributed by atoms with Gasteiger partial charge in [0.25, 0.3) is 0 Å². The quantitative estimate of drug-likeness (QED) is 0.620. The minimum atomic E-state index is -0.947. The number of piperidine rings is 1. The largest absolute Gasteiger partial charge is 0.380 e. The highest BCUT2D eigenvalue weighted by Crippen LogP contribution is 2.41. The molecule has 25 heavy (non-hydrogen) atoms. The zero-order valence-corrected chi connectivity index (χ0v) is 14.7. The van der Waals surface area contributed by atoms with E-state index in [1.54, 1.807) is 0 Å². The number of hydrogen-bond donors (Lipinski definition) is 1. The summed E-state index contributed by atoms with van der Waals surface area (Å²) >= 11 is 0. The lowest BCUT2D eigenvalue weighted by Gasteiger charge is -2.42. The summed E-state index contributed by atoms with van der Waals surface area (Å²) in [7, 11) is 0. The van der Waals surface area contributed by atoms with Gasteiger partial charge in [-0.15, -0.1) is 0 Å². The maximum absolute atomic E-state index is 11.8. The number of carbonyl (C=O) groups excluding carboxylic acids is 1. The molecule has 0 amide bonds. The maximum atomic E-state index is 11.8. The van der Waals surface area contributed by atoms with E-state index in [0.29, 0.717) is 6.42 Å². The maximum Gasteiger partial charge on any atom is 0.120 e. The van der Waals surface area contributed by atoms with E-state index in [9.17, 15) is 9.90 Å². The van der Waals surface area contributed by atoms with Crippen LogP contribution in [0.25, 0.3) is 0 Å². The Labute approximate surface area is 150 Å². The average Bonchev–Trinajstić information content (AvgIpc) is 2.69. The van der Waals surface area contributed by atoms with Crippen molar-refractivity contribution in [2.45, 2.75) is 31.3 Å². The van der Waals surface area contributed by atoms with E-state index >= 15 is 0 Å². The van der Waals surface area contributed by atoms with Gasteiger partial charge >= 0.3 is 0 Å². The van der Waals surface area contributed by atoms with Gasteiger partial charge in [-0.3, -0.25) is 0 Å². The van der Waals surface area contributed by atoms with E-state index in [-0.39, 0.29) is 5.92 Å². The van der Waals surface area contributed by atoms with Gasteiger partial charge in [-0.2, -0.15) is 0 Å². The highest BCUT2D eigenvalue weighted by Gasteiger charge is 2.41. The molecule has 1 heterocycles. The zero-order chi connectivity index (χ0) is 17.5. The van der Waals surface area contributed by atoms with Gasteiger partial charge in [0.15, 0.2) is 0 Å². The summed E-state index contributed by atoms with van der Waals surface area (Å²) in [5, 5.41) is 11.8. The van der Waals surface area contributed by atoms with Gasteiger partial charge in [0.1, 0.15) is 11.9 Å². The Morgan fingerprint density at radius 2 is 1.48 bits per heavy atom. The third-order valence-electron chi connectivity index (χ3n) is 5.40. The lowest BCUT2D eigenvalue weighted by atomic mass is 9.72. The molecule has 0 aliphatic carbocycles. The molecular weight excluding hydrogens is 310 g/mol. The number of carbonyl (C=O) groups is 1. The second-order valence-electron chi connectivity index (χ2n) is 6.92. The summed E-state index contributed by atoms with van der Waals surface area (Å²) in [6.07, 6.45) is 4.48. The molecule has 2 aromatic carbocycles. The zero-order valence-electron chi connectivity index (χ0n) is 14.7. The molecule has 0 spiro atoms. The Hall–Kier alpha value is -1.97. The number of aliphatic hydroxyl groups is 1. The van der Waals surface area contributed by atoms with Gasteiger partial charge in [-0.25, -0.2) is 0 Å². The number of hydrogen-bond acceptors (Lipinski definition) is 3. The van der Waals surface area contributed by atoms with Crippen LogP contribution < -0.4 is 0 Å². The molecule has 132 valence electrons. The molecule has 2 aromatic rings. The van der Waals surface area contributed by atoms with Crippen molar-refractivity contribution in [2.75, 3.05) is 19.6 Å². The van der Waals surface area contributed by atoms with Gasteiger partial charge in [-0.1, -0.05) is 60.7 Å². The Morgan fingerprint density at radius 3 is 1.96 bits per heavy atom. The van der Waals surface area contributed by atoms with Gasteiger partial charge in [0, 0.05) is 6.42 Å². The van der Waals surface area contributed by atoms with Crippen molar-refractivity contribution in [2.24, 2.45) is 5.92 Å². The molecule has 0 atom stereocenters. The van der Waals surface area contributed by atoms with Gasteiger partial charge < -0.3 is 14.8 Å². The first kappa shape index (κ1) is 17.8. The van der Waals surface area contributed by atoms with Crippen LogP contribution in [-0.4, -0.2) is 35.9 Å². The predicted octanol–water partition coefficient (Wildman–Crippen LogP) is 3.61. The highest BCUT2D eigenvalue weighted by atomic mass is 16.3. The summed E-state index contributed by atoms with van der Waals surface area (Å²) in [4.78, 5) is 12.9. The SMILES string of the molecule is O=CCCCN1CCC(C(O)(c2ccccc2)c2ccccc2)CC1. The fraction of sp³-hybridized carbons (Fsp3) is 0.409. The van der Waals surface area contributed by atoms with E-state index in [1.807, 2.05) is 60.7 Å². The van der Waals surface area contributed by atoms with Crippen molar-refractivity contribution in [3.05, 3.63) is 71.8 Å². The van der Waals surface area contributed by atoms with Crippen molar-refractivity contribution < 1.29 is 9.90 Å². The number of aldehydes is 1. The fourth-order valence-corrected chi connectivity index (χ4v) is 4.00. The molecule has 0 aromatic heterocycles. The van der Waals surface area contributed by atoms with Crippen LogP contribution in [0.5, 0.6) is 0 Å². The van der Waals surface area contributed by atoms with Crippen molar-refractivity contribution in [1.82, 2.24) is 4.90 Å². The molecule has 3 nitrogen and oxygen atoms in total. The number of nitrogens with zero attached hydrogens (tertiary/aromatic N) is 1. The van der Waals surface area contributed by atoms with E-state index in [2.05, 4.69) is 4.90 Å². The summed E-state index contributed by atoms with van der Waals surface area (Å²) in [6, 6.07) is 20.1. The normalized spacial score (nSPS) is 16.7. The molecule has 1 fully saturated rings. The second kappa shape index (κ2) is 8.41. The van der Waals surface area contributed by atoms with Crippen molar-refractivity contribution >= 4 is 6.29 Å². The van der Waals surface area contributed by atoms with Crippen LogP contribution in [-0.2, 0) is 10.4 Å². The van der Waals surface area contributed by atoms with E-state index in [1.165, 1.54) is 0 Å². The summed E-state index contributed by atoms with van der Waals surface area (Å²) < 4.78 is 0. The first-order valence-corrected chi connectivity index (χ1v) is 9.24. The van der Waals surface area contributed by atoms with Gasteiger partial charge in [0.2, 0.25) is 0 Å². The van der Waals surface area contributed by atoms with E-state index < -0.39 is 5.60 Å². The molecule has 3 heteroatoms. The Morgan fingerprint density at radius 1 is 0.960 bits per heavy atom.